The van der Waals surface area contributed by atoms with Crippen molar-refractivity contribution < 1.29 is 23.1 Å². The molecular formula is C11H17F3N4O2S. The number of nitrogens with zero attached hydrogens (tertiary/aromatic N) is 3. The van der Waals surface area contributed by atoms with Gasteiger partial charge in [0.15, 0.2) is 6.10 Å². The van der Waals surface area contributed by atoms with Crippen LogP contribution in [0.15, 0.2) is 0 Å². The molecule has 0 aliphatic rings. The number of carbonyl (C=O) groups is 1. The lowest BCUT2D eigenvalue weighted by atomic mass is 10.2. The minimum atomic E-state index is -4.70. The summed E-state index contributed by atoms with van der Waals surface area (Å²) < 4.78 is 36.5. The quantitative estimate of drug-likeness (QED) is 0.827. The first kappa shape index (κ1) is 17.8. The second-order valence-electron chi connectivity index (χ2n) is 4.90. The lowest BCUT2D eigenvalue weighted by molar-refractivity contribution is -0.207. The summed E-state index contributed by atoms with van der Waals surface area (Å²) >= 11 is 1.21. The highest BCUT2D eigenvalue weighted by atomic mass is 32.1. The molecule has 0 spiro atoms. The molecule has 0 fully saturated rings. The fourth-order valence-corrected chi connectivity index (χ4v) is 2.15. The Morgan fingerprint density at radius 2 is 2.05 bits per heavy atom. The third-order valence-electron chi connectivity index (χ3n) is 2.46. The molecule has 1 aromatic heterocycles. The molecule has 0 bridgehead atoms. The number of halogens is 3. The number of likely N-dealkylation sites (N-methyl/N-ethyl adjacent to an activating group) is 1. The van der Waals surface area contributed by atoms with E-state index in [-0.39, 0.29) is 12.5 Å². The van der Waals surface area contributed by atoms with E-state index < -0.39 is 24.7 Å². The molecule has 1 rings (SSSR count). The Morgan fingerprint density at radius 3 is 2.52 bits per heavy atom. The molecule has 21 heavy (non-hydrogen) atoms. The highest BCUT2D eigenvalue weighted by Crippen LogP contribution is 2.22. The van der Waals surface area contributed by atoms with Gasteiger partial charge in [0.2, 0.25) is 11.0 Å². The van der Waals surface area contributed by atoms with Crippen molar-refractivity contribution in [1.29, 1.82) is 0 Å². The molecule has 0 aliphatic carbocycles. The highest BCUT2D eigenvalue weighted by molar-refractivity contribution is 7.15. The van der Waals surface area contributed by atoms with Crippen LogP contribution >= 0.6 is 11.3 Å². The minimum absolute atomic E-state index is 0.178. The van der Waals surface area contributed by atoms with Gasteiger partial charge in [-0.05, 0) is 7.05 Å². The maximum atomic E-state index is 12.2. The number of aromatic nitrogens is 2. The van der Waals surface area contributed by atoms with Crippen LogP contribution in [0.4, 0.5) is 18.3 Å². The van der Waals surface area contributed by atoms with Crippen LogP contribution in [-0.4, -0.2) is 58.5 Å². The molecule has 0 aliphatic heterocycles. The van der Waals surface area contributed by atoms with Gasteiger partial charge in [-0.2, -0.15) is 13.2 Å². The van der Waals surface area contributed by atoms with E-state index in [2.05, 4.69) is 15.5 Å². The van der Waals surface area contributed by atoms with E-state index in [1.807, 2.05) is 13.8 Å². The van der Waals surface area contributed by atoms with Crippen LogP contribution in [0.1, 0.15) is 24.8 Å². The fraction of sp³-hybridized carbons (Fsp3) is 0.727. The third kappa shape index (κ3) is 5.94. The molecule has 0 saturated carbocycles. The van der Waals surface area contributed by atoms with E-state index in [9.17, 15) is 18.0 Å². The highest BCUT2D eigenvalue weighted by Gasteiger charge is 2.38. The summed E-state index contributed by atoms with van der Waals surface area (Å²) in [5, 5.41) is 20.1. The molecule has 1 aromatic rings. The van der Waals surface area contributed by atoms with E-state index in [1.54, 1.807) is 0 Å². The molecule has 0 aromatic carbocycles. The Labute approximate surface area is 124 Å². The molecule has 1 amide bonds. The normalized spacial score (nSPS) is 13.8. The fourth-order valence-electron chi connectivity index (χ4n) is 1.39. The molecule has 0 radical (unpaired) electrons. The monoisotopic (exact) mass is 326 g/mol. The van der Waals surface area contributed by atoms with E-state index in [0.717, 1.165) is 9.91 Å². The maximum absolute atomic E-state index is 12.2. The van der Waals surface area contributed by atoms with Crippen LogP contribution in [0.2, 0.25) is 0 Å². The standard InChI is InChI=1S/C11H17F3N4O2S/c1-6(2)9-16-17-10(21-9)15-8(20)5-18(3)4-7(19)11(12,13)14/h6-7,19H,4-5H2,1-3H3,(H,15,17,20). The second-order valence-corrected chi connectivity index (χ2v) is 5.91. The van der Waals surface area contributed by atoms with Gasteiger partial charge in [0.1, 0.15) is 5.01 Å². The molecule has 2 N–H and O–H groups in total. The zero-order valence-corrected chi connectivity index (χ0v) is 12.6. The lowest BCUT2D eigenvalue weighted by Crippen LogP contribution is -2.42. The number of hydrogen-bond acceptors (Lipinski definition) is 6. The summed E-state index contributed by atoms with van der Waals surface area (Å²) in [6, 6.07) is 0. The van der Waals surface area contributed by atoms with Crippen molar-refractivity contribution in [2.45, 2.75) is 32.0 Å². The summed E-state index contributed by atoms with van der Waals surface area (Å²) in [6.07, 6.45) is -7.18. The van der Waals surface area contributed by atoms with E-state index in [0.29, 0.717) is 5.13 Å². The average Bonchev–Trinajstić information content (AvgIpc) is 2.75. The zero-order valence-electron chi connectivity index (χ0n) is 11.8. The van der Waals surface area contributed by atoms with Crippen molar-refractivity contribution >= 4 is 22.4 Å². The summed E-state index contributed by atoms with van der Waals surface area (Å²) in [4.78, 5) is 12.7. The number of rotatable bonds is 6. The number of carbonyl (C=O) groups excluding carboxylic acids is 1. The minimum Gasteiger partial charge on any atom is -0.382 e. The van der Waals surface area contributed by atoms with Crippen molar-refractivity contribution in [2.24, 2.45) is 0 Å². The van der Waals surface area contributed by atoms with Crippen molar-refractivity contribution in [2.75, 3.05) is 25.5 Å². The SMILES string of the molecule is CC(C)c1nnc(NC(=O)CN(C)CC(O)C(F)(F)F)s1. The Bertz CT molecular complexity index is 478. The van der Waals surface area contributed by atoms with Gasteiger partial charge in [0.05, 0.1) is 6.54 Å². The summed E-state index contributed by atoms with van der Waals surface area (Å²) in [5.74, 6) is -0.337. The molecule has 120 valence electrons. The van der Waals surface area contributed by atoms with E-state index in [4.69, 9.17) is 5.11 Å². The number of hydrogen-bond donors (Lipinski definition) is 2. The summed E-state index contributed by atoms with van der Waals surface area (Å²) in [5.41, 5.74) is 0. The predicted octanol–water partition coefficient (Wildman–Crippen LogP) is 1.45. The van der Waals surface area contributed by atoms with Crippen molar-refractivity contribution in [3.63, 3.8) is 0 Å². The first-order valence-corrected chi connectivity index (χ1v) is 6.97. The van der Waals surface area contributed by atoms with Crippen molar-refractivity contribution in [3.8, 4) is 0 Å². The third-order valence-corrected chi connectivity index (χ3v) is 3.60. The first-order valence-electron chi connectivity index (χ1n) is 6.16. The number of aliphatic hydroxyl groups is 1. The summed E-state index contributed by atoms with van der Waals surface area (Å²) in [7, 11) is 1.31. The molecule has 6 nitrogen and oxygen atoms in total. The lowest BCUT2D eigenvalue weighted by Gasteiger charge is -2.21. The van der Waals surface area contributed by atoms with Crippen molar-refractivity contribution in [1.82, 2.24) is 15.1 Å². The van der Waals surface area contributed by atoms with E-state index in [1.165, 1.54) is 18.4 Å². The Hall–Kier alpha value is -1.26. The topological polar surface area (TPSA) is 78.4 Å². The van der Waals surface area contributed by atoms with Crippen LogP contribution in [0.3, 0.4) is 0 Å². The van der Waals surface area contributed by atoms with Gasteiger partial charge in [-0.15, -0.1) is 10.2 Å². The number of anilines is 1. The molecule has 1 heterocycles. The number of aliphatic hydroxyl groups excluding tert-OH is 1. The number of nitrogens with one attached hydrogen (secondary N) is 1. The molecule has 0 saturated heterocycles. The van der Waals surface area contributed by atoms with Crippen LogP contribution < -0.4 is 5.32 Å². The van der Waals surface area contributed by atoms with Gasteiger partial charge >= 0.3 is 6.18 Å². The molecule has 1 atom stereocenters. The van der Waals surface area contributed by atoms with Gasteiger partial charge in [0, 0.05) is 12.5 Å². The Kier molecular flexibility index (Phi) is 6.05. The predicted molar refractivity (Wildman–Crippen MR) is 72.2 cm³/mol. The molecule has 10 heteroatoms. The first-order chi connectivity index (χ1) is 9.59. The second kappa shape index (κ2) is 7.14. The zero-order chi connectivity index (χ0) is 16.2. The van der Waals surface area contributed by atoms with Gasteiger partial charge in [-0.1, -0.05) is 25.2 Å². The maximum Gasteiger partial charge on any atom is 0.415 e. The van der Waals surface area contributed by atoms with Gasteiger partial charge in [-0.3, -0.25) is 15.0 Å². The van der Waals surface area contributed by atoms with Gasteiger partial charge in [0.25, 0.3) is 0 Å². The number of amides is 1. The van der Waals surface area contributed by atoms with Crippen LogP contribution in [0, 0.1) is 0 Å². The van der Waals surface area contributed by atoms with Gasteiger partial charge < -0.3 is 5.11 Å². The Morgan fingerprint density at radius 1 is 1.43 bits per heavy atom. The van der Waals surface area contributed by atoms with Crippen LogP contribution in [0.5, 0.6) is 0 Å². The average molecular weight is 326 g/mol. The smallest absolute Gasteiger partial charge is 0.382 e. The van der Waals surface area contributed by atoms with Gasteiger partial charge in [-0.25, -0.2) is 0 Å². The number of alkyl halides is 3. The summed E-state index contributed by atoms with van der Waals surface area (Å²) in [6.45, 7) is 2.89. The van der Waals surface area contributed by atoms with E-state index >= 15 is 0 Å². The van der Waals surface area contributed by atoms with Crippen LogP contribution in [-0.2, 0) is 4.79 Å². The van der Waals surface area contributed by atoms with Crippen molar-refractivity contribution in [3.05, 3.63) is 5.01 Å². The molecular weight excluding hydrogens is 309 g/mol. The largest absolute Gasteiger partial charge is 0.415 e. The van der Waals surface area contributed by atoms with Crippen LogP contribution in [0.25, 0.3) is 0 Å². The molecule has 1 unspecified atom stereocenters. The Balaban J connectivity index is 2.45.